The lowest BCUT2D eigenvalue weighted by atomic mass is 9.84. The molecule has 1 amide bonds. The van der Waals surface area contributed by atoms with Gasteiger partial charge in [-0.25, -0.2) is 4.98 Å². The Labute approximate surface area is 152 Å². The molecule has 6 heteroatoms. The molecule has 2 aliphatic heterocycles. The van der Waals surface area contributed by atoms with Crippen molar-refractivity contribution < 1.29 is 4.79 Å². The second kappa shape index (κ2) is 6.42. The Kier molecular flexibility index (Phi) is 4.25. The van der Waals surface area contributed by atoms with Crippen molar-refractivity contribution in [2.75, 3.05) is 23.3 Å². The number of aryl methyl sites for hydroxylation is 2. The lowest BCUT2D eigenvalue weighted by Gasteiger charge is -2.45. The highest BCUT2D eigenvalue weighted by Gasteiger charge is 2.46. The van der Waals surface area contributed by atoms with Crippen LogP contribution in [0.4, 0.5) is 11.4 Å². The fourth-order valence-electron chi connectivity index (χ4n) is 3.90. The van der Waals surface area contributed by atoms with Crippen LogP contribution in [0, 0.1) is 6.92 Å². The molecule has 2 aromatic rings. The molecule has 3 heterocycles. The number of nitrogens with zero attached hydrogens (tertiary/aromatic N) is 2. The first kappa shape index (κ1) is 16.5. The third-order valence-electron chi connectivity index (χ3n) is 5.20. The summed E-state index contributed by atoms with van der Waals surface area (Å²) in [6.45, 7) is 6.51. The number of fused-ring (bicyclic) bond motifs is 1. The Morgan fingerprint density at radius 3 is 2.80 bits per heavy atom. The van der Waals surface area contributed by atoms with Crippen LogP contribution < -0.4 is 15.5 Å². The van der Waals surface area contributed by atoms with Crippen LogP contribution in [-0.2, 0) is 17.8 Å². The number of hydrogen-bond donors (Lipinski definition) is 2. The number of para-hydroxylation sites is 2. The summed E-state index contributed by atoms with van der Waals surface area (Å²) in [5, 5.41) is 8.01. The molecule has 0 unspecified atom stereocenters. The minimum absolute atomic E-state index is 0.195. The maximum Gasteiger partial charge on any atom is 0.253 e. The van der Waals surface area contributed by atoms with Gasteiger partial charge in [0.25, 0.3) is 5.91 Å². The number of rotatable bonds is 3. The highest BCUT2D eigenvalue weighted by molar-refractivity contribution is 7.11. The lowest BCUT2D eigenvalue weighted by Crippen LogP contribution is -2.61. The monoisotopic (exact) mass is 356 g/mol. The maximum absolute atomic E-state index is 13.5. The first-order chi connectivity index (χ1) is 12.1. The summed E-state index contributed by atoms with van der Waals surface area (Å²) in [6.07, 6.45) is 2.54. The van der Waals surface area contributed by atoms with E-state index in [0.717, 1.165) is 54.4 Å². The molecule has 132 valence electrons. The van der Waals surface area contributed by atoms with Gasteiger partial charge in [-0.3, -0.25) is 4.79 Å². The van der Waals surface area contributed by atoms with Crippen LogP contribution in [0.5, 0.6) is 0 Å². The van der Waals surface area contributed by atoms with Gasteiger partial charge in [-0.1, -0.05) is 19.1 Å². The minimum Gasteiger partial charge on any atom is -0.369 e. The van der Waals surface area contributed by atoms with Crippen molar-refractivity contribution in [1.29, 1.82) is 0 Å². The van der Waals surface area contributed by atoms with Crippen molar-refractivity contribution in [2.24, 2.45) is 0 Å². The summed E-state index contributed by atoms with van der Waals surface area (Å²) in [7, 11) is 0. The largest absolute Gasteiger partial charge is 0.369 e. The van der Waals surface area contributed by atoms with Gasteiger partial charge >= 0.3 is 0 Å². The molecule has 0 atom stereocenters. The number of amides is 1. The Hall–Kier alpha value is -1.92. The second-order valence-electron chi connectivity index (χ2n) is 6.82. The Morgan fingerprint density at radius 1 is 1.28 bits per heavy atom. The predicted octanol–water partition coefficient (Wildman–Crippen LogP) is 3.09. The zero-order valence-corrected chi connectivity index (χ0v) is 15.6. The minimum atomic E-state index is -0.480. The van der Waals surface area contributed by atoms with Gasteiger partial charge in [-0.2, -0.15) is 0 Å². The summed E-state index contributed by atoms with van der Waals surface area (Å²) >= 11 is 1.71. The summed E-state index contributed by atoms with van der Waals surface area (Å²) in [5.41, 5.74) is 2.67. The maximum atomic E-state index is 13.5. The molecule has 0 bridgehead atoms. The van der Waals surface area contributed by atoms with E-state index < -0.39 is 5.54 Å². The number of anilines is 2. The van der Waals surface area contributed by atoms with E-state index in [1.807, 2.05) is 30.0 Å². The van der Waals surface area contributed by atoms with E-state index in [9.17, 15) is 4.79 Å². The summed E-state index contributed by atoms with van der Waals surface area (Å²) in [4.78, 5) is 21.3. The average Bonchev–Trinajstić information content (AvgIpc) is 2.99. The molecule has 1 fully saturated rings. The van der Waals surface area contributed by atoms with E-state index >= 15 is 0 Å². The first-order valence-corrected chi connectivity index (χ1v) is 9.80. The molecular formula is C19H24N4OS. The zero-order valence-electron chi connectivity index (χ0n) is 14.8. The van der Waals surface area contributed by atoms with Gasteiger partial charge < -0.3 is 15.5 Å². The molecule has 1 aromatic heterocycles. The van der Waals surface area contributed by atoms with Crippen molar-refractivity contribution in [3.63, 3.8) is 0 Å². The Morgan fingerprint density at radius 2 is 2.04 bits per heavy atom. The van der Waals surface area contributed by atoms with Crippen molar-refractivity contribution in [1.82, 2.24) is 10.3 Å². The fourth-order valence-corrected chi connectivity index (χ4v) is 4.91. The number of carbonyl (C=O) groups excluding carboxylic acids is 1. The fraction of sp³-hybridized carbons (Fsp3) is 0.474. The molecule has 5 nitrogen and oxygen atoms in total. The molecule has 2 aliphatic rings. The highest BCUT2D eigenvalue weighted by atomic mass is 32.1. The van der Waals surface area contributed by atoms with Crippen LogP contribution in [0.15, 0.2) is 24.3 Å². The SMILES string of the molecule is CCc1nc(C)sc1CN1C(=O)C2(CCNCC2)Nc2ccccc21. The van der Waals surface area contributed by atoms with Crippen LogP contribution in [0.3, 0.4) is 0 Å². The van der Waals surface area contributed by atoms with Gasteiger partial charge in [0.1, 0.15) is 5.54 Å². The Bertz CT molecular complexity index is 794. The van der Waals surface area contributed by atoms with Crippen molar-refractivity contribution in [3.8, 4) is 0 Å². The third-order valence-corrected chi connectivity index (χ3v) is 6.20. The highest BCUT2D eigenvalue weighted by Crippen LogP contribution is 2.40. The van der Waals surface area contributed by atoms with E-state index in [1.165, 1.54) is 4.88 Å². The van der Waals surface area contributed by atoms with E-state index in [2.05, 4.69) is 28.6 Å². The van der Waals surface area contributed by atoms with Gasteiger partial charge in [0.15, 0.2) is 0 Å². The standard InChI is InChI=1S/C19H24N4OS/c1-3-14-17(25-13(2)21-14)12-23-16-7-5-4-6-15(16)22-19(18(23)24)8-10-20-11-9-19/h4-7,20,22H,3,8-12H2,1-2H3. The number of thiazole rings is 1. The zero-order chi connectivity index (χ0) is 17.4. The molecule has 1 spiro atoms. The number of carbonyl (C=O) groups is 1. The number of aromatic nitrogens is 1. The second-order valence-corrected chi connectivity index (χ2v) is 8.11. The molecule has 2 N–H and O–H groups in total. The topological polar surface area (TPSA) is 57.3 Å². The van der Waals surface area contributed by atoms with Crippen LogP contribution in [0.25, 0.3) is 0 Å². The van der Waals surface area contributed by atoms with Gasteiger partial charge in [0.05, 0.1) is 28.6 Å². The number of piperidine rings is 1. The van der Waals surface area contributed by atoms with Gasteiger partial charge in [0.2, 0.25) is 0 Å². The summed E-state index contributed by atoms with van der Waals surface area (Å²) < 4.78 is 0. The van der Waals surface area contributed by atoms with Crippen molar-refractivity contribution in [2.45, 2.75) is 45.2 Å². The molecule has 25 heavy (non-hydrogen) atoms. The third kappa shape index (κ3) is 2.83. The van der Waals surface area contributed by atoms with E-state index in [0.29, 0.717) is 6.54 Å². The molecule has 4 rings (SSSR count). The molecule has 0 radical (unpaired) electrons. The van der Waals surface area contributed by atoms with E-state index in [-0.39, 0.29) is 5.91 Å². The van der Waals surface area contributed by atoms with Crippen LogP contribution >= 0.6 is 11.3 Å². The van der Waals surface area contributed by atoms with Crippen LogP contribution in [-0.4, -0.2) is 29.5 Å². The normalized spacial score (nSPS) is 19.0. The van der Waals surface area contributed by atoms with Crippen LogP contribution in [0.1, 0.15) is 35.3 Å². The molecular weight excluding hydrogens is 332 g/mol. The summed E-state index contributed by atoms with van der Waals surface area (Å²) in [5.74, 6) is 0.195. The lowest BCUT2D eigenvalue weighted by molar-refractivity contribution is -0.124. The average molecular weight is 356 g/mol. The predicted molar refractivity (Wildman–Crippen MR) is 102 cm³/mol. The Balaban J connectivity index is 1.75. The molecule has 1 aromatic carbocycles. The van der Waals surface area contributed by atoms with E-state index in [4.69, 9.17) is 0 Å². The van der Waals surface area contributed by atoms with Gasteiger partial charge in [-0.05, 0) is 51.4 Å². The smallest absolute Gasteiger partial charge is 0.253 e. The first-order valence-electron chi connectivity index (χ1n) is 8.98. The van der Waals surface area contributed by atoms with Crippen LogP contribution in [0.2, 0.25) is 0 Å². The summed E-state index contributed by atoms with van der Waals surface area (Å²) in [6, 6.07) is 8.15. The number of hydrogen-bond acceptors (Lipinski definition) is 5. The van der Waals surface area contributed by atoms with Crippen molar-refractivity contribution >= 4 is 28.6 Å². The number of benzene rings is 1. The molecule has 1 saturated heterocycles. The quantitative estimate of drug-likeness (QED) is 0.887. The van der Waals surface area contributed by atoms with Crippen molar-refractivity contribution in [3.05, 3.63) is 39.8 Å². The molecule has 0 aliphatic carbocycles. The van der Waals surface area contributed by atoms with Gasteiger partial charge in [0, 0.05) is 4.88 Å². The molecule has 0 saturated carbocycles. The van der Waals surface area contributed by atoms with Gasteiger partial charge in [-0.15, -0.1) is 11.3 Å². The van der Waals surface area contributed by atoms with E-state index in [1.54, 1.807) is 11.3 Å². The number of nitrogens with one attached hydrogen (secondary N) is 2.